The Morgan fingerprint density at radius 3 is 2.22 bits per heavy atom. The maximum Gasteiger partial charge on any atom is 0.338 e. The molecule has 146 valence electrons. The number of ether oxygens (including phenoxy) is 3. The quantitative estimate of drug-likeness (QED) is 0.357. The molecule has 0 spiro atoms. The molecule has 0 saturated carbocycles. The van der Waals surface area contributed by atoms with E-state index in [4.69, 9.17) is 14.2 Å². The van der Waals surface area contributed by atoms with Gasteiger partial charge >= 0.3 is 5.97 Å². The molecule has 0 fully saturated rings. The van der Waals surface area contributed by atoms with Gasteiger partial charge in [0.25, 0.3) is 5.91 Å². The molecular formula is C19H25N3O5. The van der Waals surface area contributed by atoms with Crippen molar-refractivity contribution >= 4 is 17.6 Å². The van der Waals surface area contributed by atoms with E-state index in [2.05, 4.69) is 5.32 Å². The minimum Gasteiger partial charge on any atom is -0.462 e. The minimum atomic E-state index is -0.541. The van der Waals surface area contributed by atoms with Crippen LogP contribution < -0.4 is 5.32 Å². The number of nitrogens with one attached hydrogen (secondary N) is 1. The van der Waals surface area contributed by atoms with Crippen molar-refractivity contribution < 1.29 is 23.8 Å². The van der Waals surface area contributed by atoms with E-state index < -0.39 is 11.9 Å². The van der Waals surface area contributed by atoms with Crippen LogP contribution in [0.5, 0.6) is 0 Å². The summed E-state index contributed by atoms with van der Waals surface area (Å²) in [7, 11) is 3.16. The van der Waals surface area contributed by atoms with E-state index in [1.54, 1.807) is 50.3 Å². The highest BCUT2D eigenvalue weighted by Crippen LogP contribution is 2.12. The molecule has 0 unspecified atom stereocenters. The Morgan fingerprint density at radius 2 is 1.74 bits per heavy atom. The summed E-state index contributed by atoms with van der Waals surface area (Å²) in [5, 5.41) is 12.0. The van der Waals surface area contributed by atoms with Gasteiger partial charge in [-0.3, -0.25) is 4.79 Å². The standard InChI is InChI=1S/C19H25N3O5/c1-4-27-19(24)15-5-7-17(8-6-15)21-18(23)16(13-20)14-22(9-11-25-2)10-12-26-3/h5-8,14H,4,9-12H2,1-3H3,(H,21,23)/b16-14-. The monoisotopic (exact) mass is 375 g/mol. The van der Waals surface area contributed by atoms with Gasteiger partial charge in [-0.15, -0.1) is 0 Å². The summed E-state index contributed by atoms with van der Waals surface area (Å²) < 4.78 is 15.0. The van der Waals surface area contributed by atoms with Crippen LogP contribution in [-0.2, 0) is 19.0 Å². The smallest absolute Gasteiger partial charge is 0.338 e. The van der Waals surface area contributed by atoms with Crippen LogP contribution in [0.2, 0.25) is 0 Å². The predicted octanol–water partition coefficient (Wildman–Crippen LogP) is 1.80. The molecule has 1 rings (SSSR count). The van der Waals surface area contributed by atoms with Crippen molar-refractivity contribution in [3.05, 3.63) is 41.6 Å². The zero-order valence-corrected chi connectivity index (χ0v) is 15.9. The van der Waals surface area contributed by atoms with Crippen molar-refractivity contribution in [3.8, 4) is 6.07 Å². The molecule has 0 aliphatic rings. The molecular weight excluding hydrogens is 350 g/mol. The van der Waals surface area contributed by atoms with Gasteiger partial charge in [-0.25, -0.2) is 4.79 Å². The molecule has 8 heteroatoms. The number of esters is 1. The lowest BCUT2D eigenvalue weighted by molar-refractivity contribution is -0.112. The third-order valence-electron chi connectivity index (χ3n) is 3.50. The molecule has 8 nitrogen and oxygen atoms in total. The number of nitrogens with zero attached hydrogens (tertiary/aromatic N) is 2. The van der Waals surface area contributed by atoms with E-state index in [0.29, 0.717) is 37.6 Å². The Balaban J connectivity index is 2.81. The molecule has 0 saturated heterocycles. The van der Waals surface area contributed by atoms with E-state index in [0.717, 1.165) is 0 Å². The molecule has 27 heavy (non-hydrogen) atoms. The van der Waals surface area contributed by atoms with Crippen molar-refractivity contribution in [2.24, 2.45) is 0 Å². The maximum absolute atomic E-state index is 12.4. The lowest BCUT2D eigenvalue weighted by Crippen LogP contribution is -2.27. The molecule has 0 aromatic heterocycles. The van der Waals surface area contributed by atoms with Crippen LogP contribution in [0.1, 0.15) is 17.3 Å². The first-order valence-electron chi connectivity index (χ1n) is 8.48. The average molecular weight is 375 g/mol. The van der Waals surface area contributed by atoms with Crippen molar-refractivity contribution in [1.29, 1.82) is 5.26 Å². The Labute approximate surface area is 159 Å². The molecule has 1 N–H and O–H groups in total. The van der Waals surface area contributed by atoms with Gasteiger partial charge in [-0.05, 0) is 31.2 Å². The molecule has 1 aromatic rings. The summed E-state index contributed by atoms with van der Waals surface area (Å²) in [4.78, 5) is 25.8. The SMILES string of the molecule is CCOC(=O)c1ccc(NC(=O)/C(C#N)=C\N(CCOC)CCOC)cc1. The number of methoxy groups -OCH3 is 2. The van der Waals surface area contributed by atoms with E-state index in [9.17, 15) is 14.9 Å². The highest BCUT2D eigenvalue weighted by atomic mass is 16.5. The van der Waals surface area contributed by atoms with Crippen LogP contribution in [0.15, 0.2) is 36.0 Å². The van der Waals surface area contributed by atoms with E-state index in [1.807, 2.05) is 6.07 Å². The first-order chi connectivity index (χ1) is 13.0. The minimum absolute atomic E-state index is 0.0447. The second-order valence-corrected chi connectivity index (χ2v) is 5.43. The van der Waals surface area contributed by atoms with Crippen LogP contribution in [0.3, 0.4) is 0 Å². The third kappa shape index (κ3) is 7.90. The van der Waals surface area contributed by atoms with Gasteiger partial charge in [-0.1, -0.05) is 0 Å². The molecule has 0 radical (unpaired) electrons. The van der Waals surface area contributed by atoms with Gasteiger partial charge in [0, 0.05) is 39.2 Å². The van der Waals surface area contributed by atoms with Crippen molar-refractivity contribution in [1.82, 2.24) is 4.90 Å². The van der Waals surface area contributed by atoms with E-state index in [1.165, 1.54) is 6.20 Å². The summed E-state index contributed by atoms with van der Waals surface area (Å²) in [6, 6.07) is 8.15. The number of rotatable bonds is 11. The van der Waals surface area contributed by atoms with Gasteiger partial charge in [0.05, 0.1) is 25.4 Å². The largest absolute Gasteiger partial charge is 0.462 e. The average Bonchev–Trinajstić information content (AvgIpc) is 2.68. The van der Waals surface area contributed by atoms with Crippen molar-refractivity contribution in [2.45, 2.75) is 6.92 Å². The number of carbonyl (C=O) groups excluding carboxylic acids is 2. The number of nitriles is 1. The number of hydrogen-bond donors (Lipinski definition) is 1. The zero-order chi connectivity index (χ0) is 20.1. The number of benzene rings is 1. The highest BCUT2D eigenvalue weighted by molar-refractivity contribution is 6.06. The van der Waals surface area contributed by atoms with Crippen LogP contribution in [0.4, 0.5) is 5.69 Å². The van der Waals surface area contributed by atoms with Crippen molar-refractivity contribution in [3.63, 3.8) is 0 Å². The normalized spacial score (nSPS) is 10.8. The van der Waals surface area contributed by atoms with Gasteiger partial charge in [0.2, 0.25) is 0 Å². The van der Waals surface area contributed by atoms with Gasteiger partial charge < -0.3 is 24.4 Å². The number of anilines is 1. The molecule has 0 bridgehead atoms. The Bertz CT molecular complexity index is 672. The molecule has 1 amide bonds. The molecule has 0 aliphatic carbocycles. The summed E-state index contributed by atoms with van der Waals surface area (Å²) in [6.45, 7) is 3.96. The summed E-state index contributed by atoms with van der Waals surface area (Å²) in [5.74, 6) is -0.971. The maximum atomic E-state index is 12.4. The predicted molar refractivity (Wildman–Crippen MR) is 100 cm³/mol. The van der Waals surface area contributed by atoms with E-state index >= 15 is 0 Å². The summed E-state index contributed by atoms with van der Waals surface area (Å²) >= 11 is 0. The lowest BCUT2D eigenvalue weighted by atomic mass is 10.2. The number of carbonyl (C=O) groups is 2. The Hall–Kier alpha value is -2.89. The first kappa shape index (κ1) is 22.2. The number of hydrogen-bond acceptors (Lipinski definition) is 7. The topological polar surface area (TPSA) is 101 Å². The second kappa shape index (κ2) is 12.5. The fourth-order valence-electron chi connectivity index (χ4n) is 2.08. The molecule has 1 aromatic carbocycles. The van der Waals surface area contributed by atoms with E-state index in [-0.39, 0.29) is 12.2 Å². The second-order valence-electron chi connectivity index (χ2n) is 5.43. The first-order valence-corrected chi connectivity index (χ1v) is 8.48. The fraction of sp³-hybridized carbons (Fsp3) is 0.421. The van der Waals surface area contributed by atoms with Crippen LogP contribution >= 0.6 is 0 Å². The highest BCUT2D eigenvalue weighted by Gasteiger charge is 2.13. The Morgan fingerprint density at radius 1 is 1.15 bits per heavy atom. The summed E-state index contributed by atoms with van der Waals surface area (Å²) in [6.07, 6.45) is 1.49. The summed E-state index contributed by atoms with van der Waals surface area (Å²) in [5.41, 5.74) is 0.808. The third-order valence-corrected chi connectivity index (χ3v) is 3.50. The van der Waals surface area contributed by atoms with Crippen LogP contribution in [0, 0.1) is 11.3 Å². The van der Waals surface area contributed by atoms with Crippen LogP contribution in [0.25, 0.3) is 0 Å². The molecule has 0 heterocycles. The fourth-order valence-corrected chi connectivity index (χ4v) is 2.08. The zero-order valence-electron chi connectivity index (χ0n) is 15.9. The van der Waals surface area contributed by atoms with Crippen molar-refractivity contribution in [2.75, 3.05) is 52.4 Å². The van der Waals surface area contributed by atoms with Gasteiger partial charge in [0.1, 0.15) is 11.6 Å². The van der Waals surface area contributed by atoms with Gasteiger partial charge in [-0.2, -0.15) is 5.26 Å². The number of amides is 1. The molecule has 0 aliphatic heterocycles. The van der Waals surface area contributed by atoms with Crippen LogP contribution in [-0.4, -0.2) is 63.9 Å². The van der Waals surface area contributed by atoms with Gasteiger partial charge in [0.15, 0.2) is 0 Å². The Kier molecular flexibility index (Phi) is 10.2. The molecule has 0 atom stereocenters. The lowest BCUT2D eigenvalue weighted by Gasteiger charge is -2.20.